The van der Waals surface area contributed by atoms with Gasteiger partial charge in [0.1, 0.15) is 11.7 Å². The molecule has 0 spiro atoms. The largest absolute Gasteiger partial charge is 0.478 e. The monoisotopic (exact) mass is 656 g/mol. The van der Waals surface area contributed by atoms with Gasteiger partial charge in [0.2, 0.25) is 5.88 Å². The Kier molecular flexibility index (Phi) is 11.8. The Balaban J connectivity index is 1.70. The molecule has 0 saturated carbocycles. The van der Waals surface area contributed by atoms with Gasteiger partial charge in [0, 0.05) is 18.7 Å². The number of carbonyl (C=O) groups excluding carboxylic acids is 1. The van der Waals surface area contributed by atoms with Crippen LogP contribution in [0.15, 0.2) is 18.3 Å². The summed E-state index contributed by atoms with van der Waals surface area (Å²) in [6.45, 7) is 9.71. The molecule has 3 rings (SSSR count). The minimum atomic E-state index is -0.542. The average molecular weight is 657 g/mol. The van der Waals surface area contributed by atoms with Gasteiger partial charge in [-0.2, -0.15) is 5.26 Å². The minimum Gasteiger partial charge on any atom is -0.478 e. The normalized spacial score (nSPS) is 19.9. The fourth-order valence-corrected chi connectivity index (χ4v) is 5.54. The standard InChI is InChI=1S/C27H38IN4O5P/c1-5-11-27(12-9-20(18-35-27)31-25(33)37-26(2,3)4)13-10-21-19(16-29)17-30-22-7-8-23(32-24(21)22)34-14-6-15-36-38-28/h7-8,17,20,38H,5-6,9-15,18H2,1-4H3,(H,31,33). The predicted molar refractivity (Wildman–Crippen MR) is 157 cm³/mol. The van der Waals surface area contributed by atoms with Crippen molar-refractivity contribution in [3.63, 3.8) is 0 Å². The molecule has 1 saturated heterocycles. The number of nitrogens with one attached hydrogen (secondary N) is 1. The Morgan fingerprint density at radius 3 is 2.82 bits per heavy atom. The van der Waals surface area contributed by atoms with Crippen molar-refractivity contribution in [3.8, 4) is 11.9 Å². The third-order valence-corrected chi connectivity index (χ3v) is 7.65. The lowest BCUT2D eigenvalue weighted by atomic mass is 9.82. The summed E-state index contributed by atoms with van der Waals surface area (Å²) < 4.78 is 23.1. The number of hydrogen-bond acceptors (Lipinski definition) is 8. The van der Waals surface area contributed by atoms with Gasteiger partial charge in [0.05, 0.1) is 54.5 Å². The number of aryl methyl sites for hydroxylation is 1. The van der Waals surface area contributed by atoms with Crippen LogP contribution in [-0.4, -0.2) is 53.1 Å². The topological polar surface area (TPSA) is 116 Å². The number of carbonyl (C=O) groups is 1. The summed E-state index contributed by atoms with van der Waals surface area (Å²) in [5, 5.41) is 12.8. The van der Waals surface area contributed by atoms with Gasteiger partial charge in [-0.3, -0.25) is 4.98 Å². The van der Waals surface area contributed by atoms with E-state index >= 15 is 0 Å². The molecule has 0 aromatic carbocycles. The van der Waals surface area contributed by atoms with Gasteiger partial charge in [-0.05, 0) is 86.5 Å². The highest BCUT2D eigenvalue weighted by Crippen LogP contribution is 2.35. The summed E-state index contributed by atoms with van der Waals surface area (Å²) in [7, 11) is 0. The fourth-order valence-electron chi connectivity index (χ4n) is 4.66. The van der Waals surface area contributed by atoms with Crippen LogP contribution >= 0.6 is 28.5 Å². The van der Waals surface area contributed by atoms with Crippen LogP contribution in [0.2, 0.25) is 0 Å². The van der Waals surface area contributed by atoms with Gasteiger partial charge in [0.15, 0.2) is 0 Å². The molecule has 0 radical (unpaired) electrons. The second-order valence-electron chi connectivity index (χ2n) is 10.5. The third-order valence-electron chi connectivity index (χ3n) is 6.40. The van der Waals surface area contributed by atoms with Crippen LogP contribution in [-0.2, 0) is 20.4 Å². The highest BCUT2D eigenvalue weighted by Gasteiger charge is 2.36. The van der Waals surface area contributed by atoms with Crippen molar-refractivity contribution in [3.05, 3.63) is 29.5 Å². The van der Waals surface area contributed by atoms with E-state index in [1.54, 1.807) is 6.20 Å². The fraction of sp³-hybridized carbons (Fsp3) is 0.630. The zero-order valence-corrected chi connectivity index (χ0v) is 25.8. The van der Waals surface area contributed by atoms with Crippen molar-refractivity contribution in [2.24, 2.45) is 0 Å². The van der Waals surface area contributed by atoms with E-state index < -0.39 is 11.7 Å². The molecule has 3 unspecified atom stereocenters. The van der Waals surface area contributed by atoms with E-state index in [2.05, 4.69) is 45.3 Å². The number of fused-ring (bicyclic) bond motifs is 1. The van der Waals surface area contributed by atoms with Crippen LogP contribution in [0.25, 0.3) is 11.0 Å². The van der Waals surface area contributed by atoms with Crippen LogP contribution in [0.1, 0.15) is 77.3 Å². The molecule has 11 heteroatoms. The first-order valence-corrected chi connectivity index (χ1v) is 17.1. The highest BCUT2D eigenvalue weighted by molar-refractivity contribution is 14.2. The van der Waals surface area contributed by atoms with Crippen molar-refractivity contribution in [2.75, 3.05) is 19.8 Å². The van der Waals surface area contributed by atoms with Crippen LogP contribution in [0.5, 0.6) is 5.88 Å². The third kappa shape index (κ3) is 9.15. The lowest BCUT2D eigenvalue weighted by molar-refractivity contribution is -0.100. The molecular formula is C27H38IN4O5P. The molecule has 1 amide bonds. The van der Waals surface area contributed by atoms with E-state index in [4.69, 9.17) is 23.7 Å². The highest BCUT2D eigenvalue weighted by atomic mass is 127. The number of ether oxygens (including phenoxy) is 3. The molecule has 9 nitrogen and oxygen atoms in total. The summed E-state index contributed by atoms with van der Waals surface area (Å²) >= 11 is 2.20. The van der Waals surface area contributed by atoms with E-state index in [0.717, 1.165) is 49.6 Å². The van der Waals surface area contributed by atoms with Gasteiger partial charge in [-0.1, -0.05) is 13.3 Å². The number of nitriles is 1. The number of pyridine rings is 2. The zero-order valence-electron chi connectivity index (χ0n) is 22.6. The Labute approximate surface area is 240 Å². The van der Waals surface area contributed by atoms with Crippen molar-refractivity contribution < 1.29 is 23.5 Å². The number of alkyl carbamates (subject to hydrolysis) is 1. The lowest BCUT2D eigenvalue weighted by Crippen LogP contribution is -2.49. The molecule has 1 fully saturated rings. The van der Waals surface area contributed by atoms with Crippen molar-refractivity contribution in [1.82, 2.24) is 15.3 Å². The summed E-state index contributed by atoms with van der Waals surface area (Å²) in [5.41, 5.74) is 1.95. The Hall–Kier alpha value is -1.80. The van der Waals surface area contributed by atoms with Gasteiger partial charge < -0.3 is 24.1 Å². The maximum Gasteiger partial charge on any atom is 0.407 e. The number of halogens is 1. The minimum absolute atomic E-state index is 0.0876. The number of aromatic nitrogens is 2. The number of hydrogen-bond donors (Lipinski definition) is 1. The molecule has 2 aromatic rings. The van der Waals surface area contributed by atoms with E-state index in [9.17, 15) is 10.1 Å². The van der Waals surface area contributed by atoms with Crippen molar-refractivity contribution >= 4 is 45.6 Å². The molecule has 3 atom stereocenters. The van der Waals surface area contributed by atoms with Gasteiger partial charge in [-0.25, -0.2) is 9.78 Å². The summed E-state index contributed by atoms with van der Waals surface area (Å²) in [4.78, 5) is 21.4. The van der Waals surface area contributed by atoms with Crippen LogP contribution < -0.4 is 10.1 Å². The smallest absolute Gasteiger partial charge is 0.407 e. The quantitative estimate of drug-likeness (QED) is 0.159. The second-order valence-corrected chi connectivity index (χ2v) is 12.3. The van der Waals surface area contributed by atoms with Crippen molar-refractivity contribution in [1.29, 1.82) is 5.26 Å². The average Bonchev–Trinajstić information content (AvgIpc) is 2.87. The molecule has 38 heavy (non-hydrogen) atoms. The van der Waals surface area contributed by atoms with E-state index in [1.807, 2.05) is 32.9 Å². The van der Waals surface area contributed by atoms with Crippen LogP contribution in [0.4, 0.5) is 4.79 Å². The SMILES string of the molecule is CCCC1(CCc2c(C#N)cnc3ccc(OCCCOPI)nc23)CCC(NC(=O)OC(C)(C)C)CO1. The Bertz CT molecular complexity index is 1110. The second kappa shape index (κ2) is 14.5. The summed E-state index contributed by atoms with van der Waals surface area (Å²) in [6, 6.07) is 5.90. The summed E-state index contributed by atoms with van der Waals surface area (Å²) in [6.07, 6.45) is 6.85. The first-order chi connectivity index (χ1) is 18.2. The maximum atomic E-state index is 12.2. The van der Waals surface area contributed by atoms with Gasteiger partial charge in [-0.15, -0.1) is 0 Å². The molecule has 0 bridgehead atoms. The summed E-state index contributed by atoms with van der Waals surface area (Å²) in [5.74, 6) is 0.515. The zero-order chi connectivity index (χ0) is 27.6. The van der Waals surface area contributed by atoms with Crippen molar-refractivity contribution in [2.45, 2.75) is 89.9 Å². The molecule has 1 aliphatic heterocycles. The molecule has 0 aliphatic carbocycles. The Morgan fingerprint density at radius 2 is 2.16 bits per heavy atom. The molecular weight excluding hydrogens is 618 g/mol. The van der Waals surface area contributed by atoms with Crippen LogP contribution in [0, 0.1) is 11.3 Å². The lowest BCUT2D eigenvalue weighted by Gasteiger charge is -2.41. The maximum absolute atomic E-state index is 12.2. The first kappa shape index (κ1) is 30.7. The van der Waals surface area contributed by atoms with Crippen LogP contribution in [0.3, 0.4) is 0 Å². The predicted octanol–water partition coefficient (Wildman–Crippen LogP) is 6.41. The molecule has 1 N–H and O–H groups in total. The molecule has 2 aromatic heterocycles. The van der Waals surface area contributed by atoms with Gasteiger partial charge >= 0.3 is 6.09 Å². The molecule has 1 aliphatic rings. The number of amides is 1. The number of rotatable bonds is 12. The molecule has 208 valence electrons. The van der Waals surface area contributed by atoms with E-state index in [1.165, 1.54) is 0 Å². The van der Waals surface area contributed by atoms with E-state index in [0.29, 0.717) is 49.7 Å². The first-order valence-electron chi connectivity index (χ1n) is 13.1. The van der Waals surface area contributed by atoms with Gasteiger partial charge in [0.25, 0.3) is 0 Å². The Morgan fingerprint density at radius 1 is 1.34 bits per heavy atom. The molecule has 3 heterocycles. The number of nitrogens with zero attached hydrogens (tertiary/aromatic N) is 3. The van der Waals surface area contributed by atoms with E-state index in [-0.39, 0.29) is 11.6 Å².